The van der Waals surface area contributed by atoms with Crippen molar-refractivity contribution in [1.29, 1.82) is 0 Å². The van der Waals surface area contributed by atoms with E-state index in [0.29, 0.717) is 26.4 Å². The summed E-state index contributed by atoms with van der Waals surface area (Å²) >= 11 is 0. The maximum atomic E-state index is 9.03. The highest BCUT2D eigenvalue weighted by Crippen LogP contribution is 2.22. The summed E-state index contributed by atoms with van der Waals surface area (Å²) in [6.45, 7) is 8.59. The zero-order valence-corrected chi connectivity index (χ0v) is 16.0. The molecule has 4 heteroatoms. The summed E-state index contributed by atoms with van der Waals surface area (Å²) < 4.78 is 17.3. The first kappa shape index (κ1) is 20.3. The van der Waals surface area contributed by atoms with E-state index in [1.807, 2.05) is 61.5 Å². The summed E-state index contributed by atoms with van der Waals surface area (Å²) in [7, 11) is 0. The van der Waals surface area contributed by atoms with Crippen molar-refractivity contribution >= 4 is 0 Å². The molecule has 0 heterocycles. The van der Waals surface area contributed by atoms with Gasteiger partial charge < -0.3 is 19.3 Å². The molecule has 0 aliphatic rings. The minimum atomic E-state index is -0.0995. The van der Waals surface area contributed by atoms with Crippen LogP contribution < -0.4 is 9.47 Å². The van der Waals surface area contributed by atoms with Crippen LogP contribution in [0.2, 0.25) is 0 Å². The zero-order chi connectivity index (χ0) is 18.8. The second kappa shape index (κ2) is 10.2. The summed E-state index contributed by atoms with van der Waals surface area (Å²) in [5, 5.41) is 9.03. The molecule has 26 heavy (non-hydrogen) atoms. The van der Waals surface area contributed by atoms with Crippen molar-refractivity contribution in [2.75, 3.05) is 26.4 Å². The van der Waals surface area contributed by atoms with Crippen molar-refractivity contribution in [2.24, 2.45) is 11.3 Å². The zero-order valence-electron chi connectivity index (χ0n) is 16.0. The van der Waals surface area contributed by atoms with Gasteiger partial charge in [-0.1, -0.05) is 51.1 Å². The van der Waals surface area contributed by atoms with E-state index in [1.54, 1.807) is 0 Å². The highest BCUT2D eigenvalue weighted by Gasteiger charge is 2.20. The SMILES string of the molecule is CC(CO)COCC(C)(C)COc1ccc(OCc2ccccc2)cc1. The molecule has 0 saturated carbocycles. The third kappa shape index (κ3) is 7.46. The van der Waals surface area contributed by atoms with Crippen molar-refractivity contribution in [3.05, 3.63) is 60.2 Å². The minimum absolute atomic E-state index is 0.0995. The van der Waals surface area contributed by atoms with Crippen LogP contribution in [0.1, 0.15) is 26.3 Å². The van der Waals surface area contributed by atoms with Gasteiger partial charge in [0, 0.05) is 17.9 Å². The number of aliphatic hydroxyl groups is 1. The number of hydrogen-bond acceptors (Lipinski definition) is 4. The van der Waals surface area contributed by atoms with Crippen molar-refractivity contribution in [1.82, 2.24) is 0 Å². The molecule has 0 aliphatic heterocycles. The predicted octanol–water partition coefficient (Wildman–Crippen LogP) is 4.32. The van der Waals surface area contributed by atoms with E-state index in [1.165, 1.54) is 0 Å². The van der Waals surface area contributed by atoms with Crippen LogP contribution in [0.3, 0.4) is 0 Å². The molecule has 2 aromatic rings. The smallest absolute Gasteiger partial charge is 0.120 e. The van der Waals surface area contributed by atoms with Crippen LogP contribution in [0.15, 0.2) is 54.6 Å². The van der Waals surface area contributed by atoms with Gasteiger partial charge in [-0.3, -0.25) is 0 Å². The monoisotopic (exact) mass is 358 g/mol. The molecule has 142 valence electrons. The Bertz CT molecular complexity index is 622. The molecule has 0 aromatic heterocycles. The number of aliphatic hydroxyl groups excluding tert-OH is 1. The Labute approximate surface area is 156 Å². The third-order valence-electron chi connectivity index (χ3n) is 3.91. The Morgan fingerprint density at radius 1 is 0.885 bits per heavy atom. The van der Waals surface area contributed by atoms with Crippen molar-refractivity contribution < 1.29 is 19.3 Å². The van der Waals surface area contributed by atoms with Gasteiger partial charge in [0.2, 0.25) is 0 Å². The van der Waals surface area contributed by atoms with Gasteiger partial charge in [0.1, 0.15) is 18.1 Å². The maximum Gasteiger partial charge on any atom is 0.120 e. The van der Waals surface area contributed by atoms with Gasteiger partial charge in [-0.2, -0.15) is 0 Å². The molecule has 2 aromatic carbocycles. The molecular weight excluding hydrogens is 328 g/mol. The Morgan fingerprint density at radius 2 is 1.50 bits per heavy atom. The Hall–Kier alpha value is -2.04. The van der Waals surface area contributed by atoms with Crippen LogP contribution in [-0.4, -0.2) is 31.5 Å². The van der Waals surface area contributed by atoms with Crippen molar-refractivity contribution in [2.45, 2.75) is 27.4 Å². The maximum absolute atomic E-state index is 9.03. The topological polar surface area (TPSA) is 47.9 Å². The van der Waals surface area contributed by atoms with Gasteiger partial charge in [0.25, 0.3) is 0 Å². The van der Waals surface area contributed by atoms with Crippen LogP contribution in [0, 0.1) is 11.3 Å². The van der Waals surface area contributed by atoms with Gasteiger partial charge in [-0.05, 0) is 29.8 Å². The molecule has 0 radical (unpaired) electrons. The fraction of sp³-hybridized carbons (Fsp3) is 0.455. The molecule has 0 amide bonds. The first-order valence-electron chi connectivity index (χ1n) is 9.07. The quantitative estimate of drug-likeness (QED) is 0.650. The summed E-state index contributed by atoms with van der Waals surface area (Å²) in [6.07, 6.45) is 0. The Kier molecular flexibility index (Phi) is 7.95. The molecule has 0 bridgehead atoms. The number of ether oxygens (including phenoxy) is 3. The van der Waals surface area contributed by atoms with E-state index >= 15 is 0 Å². The normalized spacial score (nSPS) is 12.6. The molecule has 0 aliphatic carbocycles. The van der Waals surface area contributed by atoms with Crippen LogP contribution in [0.5, 0.6) is 11.5 Å². The summed E-state index contributed by atoms with van der Waals surface area (Å²) in [6, 6.07) is 17.8. The second-order valence-corrected chi connectivity index (χ2v) is 7.50. The van der Waals surface area contributed by atoms with E-state index in [-0.39, 0.29) is 17.9 Å². The molecular formula is C22H30O4. The van der Waals surface area contributed by atoms with Crippen LogP contribution in [0.4, 0.5) is 0 Å². The number of rotatable bonds is 11. The lowest BCUT2D eigenvalue weighted by Crippen LogP contribution is -2.28. The van der Waals surface area contributed by atoms with Gasteiger partial charge in [0.05, 0.1) is 19.8 Å². The highest BCUT2D eigenvalue weighted by molar-refractivity contribution is 5.31. The van der Waals surface area contributed by atoms with E-state index in [2.05, 4.69) is 13.8 Å². The van der Waals surface area contributed by atoms with Gasteiger partial charge in [-0.25, -0.2) is 0 Å². The minimum Gasteiger partial charge on any atom is -0.493 e. The molecule has 1 unspecified atom stereocenters. The van der Waals surface area contributed by atoms with Crippen molar-refractivity contribution in [3.63, 3.8) is 0 Å². The van der Waals surface area contributed by atoms with E-state index in [4.69, 9.17) is 19.3 Å². The number of benzene rings is 2. The first-order chi connectivity index (χ1) is 12.5. The molecule has 1 N–H and O–H groups in total. The van der Waals surface area contributed by atoms with E-state index in [9.17, 15) is 0 Å². The first-order valence-corrected chi connectivity index (χ1v) is 9.07. The molecule has 0 saturated heterocycles. The Morgan fingerprint density at radius 3 is 2.12 bits per heavy atom. The lowest BCUT2D eigenvalue weighted by atomic mass is 9.96. The Balaban J connectivity index is 1.74. The van der Waals surface area contributed by atoms with Gasteiger partial charge in [0.15, 0.2) is 0 Å². The number of hydrogen-bond donors (Lipinski definition) is 1. The molecule has 1 atom stereocenters. The second-order valence-electron chi connectivity index (χ2n) is 7.50. The van der Waals surface area contributed by atoms with Crippen LogP contribution in [-0.2, 0) is 11.3 Å². The van der Waals surface area contributed by atoms with Gasteiger partial charge in [-0.15, -0.1) is 0 Å². The lowest BCUT2D eigenvalue weighted by molar-refractivity contribution is 0.0119. The summed E-state index contributed by atoms with van der Waals surface area (Å²) in [5.74, 6) is 1.80. The van der Waals surface area contributed by atoms with E-state index < -0.39 is 0 Å². The fourth-order valence-electron chi connectivity index (χ4n) is 2.28. The average Bonchev–Trinajstić information content (AvgIpc) is 2.66. The van der Waals surface area contributed by atoms with Gasteiger partial charge >= 0.3 is 0 Å². The largest absolute Gasteiger partial charge is 0.493 e. The van der Waals surface area contributed by atoms with Crippen LogP contribution >= 0.6 is 0 Å². The molecule has 0 spiro atoms. The fourth-order valence-corrected chi connectivity index (χ4v) is 2.28. The van der Waals surface area contributed by atoms with Crippen molar-refractivity contribution in [3.8, 4) is 11.5 Å². The molecule has 2 rings (SSSR count). The predicted molar refractivity (Wildman–Crippen MR) is 104 cm³/mol. The van der Waals surface area contributed by atoms with E-state index in [0.717, 1.165) is 17.1 Å². The average molecular weight is 358 g/mol. The lowest BCUT2D eigenvalue weighted by Gasteiger charge is -2.25. The molecule has 0 fully saturated rings. The summed E-state index contributed by atoms with van der Waals surface area (Å²) in [4.78, 5) is 0. The third-order valence-corrected chi connectivity index (χ3v) is 3.91. The molecule has 4 nitrogen and oxygen atoms in total. The standard InChI is InChI=1S/C22H30O4/c1-18(13-23)14-24-16-22(2,3)17-26-21-11-9-20(10-12-21)25-15-19-7-5-4-6-8-19/h4-12,18,23H,13-17H2,1-3H3. The summed E-state index contributed by atoms with van der Waals surface area (Å²) in [5.41, 5.74) is 1.04. The van der Waals surface area contributed by atoms with Crippen LogP contribution in [0.25, 0.3) is 0 Å². The highest BCUT2D eigenvalue weighted by atomic mass is 16.5.